The monoisotopic (exact) mass is 247 g/mol. The van der Waals surface area contributed by atoms with Gasteiger partial charge in [-0.15, -0.1) is 0 Å². The summed E-state index contributed by atoms with van der Waals surface area (Å²) in [6.45, 7) is 2.59. The zero-order valence-electron chi connectivity index (χ0n) is 10.7. The topological polar surface area (TPSA) is 41.5 Å². The van der Waals surface area contributed by atoms with Crippen molar-refractivity contribution in [3.05, 3.63) is 29.3 Å². The molecule has 2 heterocycles. The molecule has 18 heavy (non-hydrogen) atoms. The molecular formula is C15H21NO2. The van der Waals surface area contributed by atoms with Gasteiger partial charge < -0.3 is 15.2 Å². The molecule has 98 valence electrons. The molecule has 3 heteroatoms. The fraction of sp³-hybridized carbons (Fsp3) is 0.600. The zero-order valence-corrected chi connectivity index (χ0v) is 10.7. The number of β-amino-alcohol motifs (C(OH)–C–C–N with tert-alkyl or cyclic N) is 1. The first-order chi connectivity index (χ1) is 8.75. The Morgan fingerprint density at radius 2 is 2.33 bits per heavy atom. The van der Waals surface area contributed by atoms with Gasteiger partial charge >= 0.3 is 0 Å². The second-order valence-electron chi connectivity index (χ2n) is 5.55. The van der Waals surface area contributed by atoms with Crippen molar-refractivity contribution < 1.29 is 9.84 Å². The molecule has 3 nitrogen and oxygen atoms in total. The SMILES string of the molecule is OC1(CCc2ccc3c(c2)CCO3)CCCNC1. The van der Waals surface area contributed by atoms with Gasteiger partial charge in [-0.1, -0.05) is 12.1 Å². The van der Waals surface area contributed by atoms with Crippen molar-refractivity contribution in [1.29, 1.82) is 0 Å². The second-order valence-corrected chi connectivity index (χ2v) is 5.55. The quantitative estimate of drug-likeness (QED) is 0.853. The normalized spacial score (nSPS) is 26.7. The van der Waals surface area contributed by atoms with Crippen molar-refractivity contribution in [3.8, 4) is 5.75 Å². The lowest BCUT2D eigenvalue weighted by molar-refractivity contribution is 0.00888. The van der Waals surface area contributed by atoms with E-state index < -0.39 is 5.60 Å². The van der Waals surface area contributed by atoms with Gasteiger partial charge in [-0.05, 0) is 49.4 Å². The molecule has 0 aliphatic carbocycles. The Labute approximate surface area is 108 Å². The van der Waals surface area contributed by atoms with E-state index in [4.69, 9.17) is 4.74 Å². The Kier molecular flexibility index (Phi) is 3.27. The molecule has 1 aromatic rings. The zero-order chi connectivity index (χ0) is 12.4. The largest absolute Gasteiger partial charge is 0.493 e. The number of aliphatic hydroxyl groups is 1. The Balaban J connectivity index is 1.62. The van der Waals surface area contributed by atoms with Crippen molar-refractivity contribution >= 4 is 0 Å². The highest BCUT2D eigenvalue weighted by Crippen LogP contribution is 2.28. The Hall–Kier alpha value is -1.06. The van der Waals surface area contributed by atoms with Crippen LogP contribution in [0.1, 0.15) is 30.4 Å². The minimum atomic E-state index is -0.506. The van der Waals surface area contributed by atoms with Gasteiger partial charge in [-0.3, -0.25) is 0 Å². The highest BCUT2D eigenvalue weighted by molar-refractivity contribution is 5.39. The number of nitrogens with one attached hydrogen (secondary N) is 1. The van der Waals surface area contributed by atoms with Gasteiger partial charge in [0.1, 0.15) is 5.75 Å². The van der Waals surface area contributed by atoms with Crippen molar-refractivity contribution in [2.24, 2.45) is 0 Å². The molecule has 0 amide bonds. The smallest absolute Gasteiger partial charge is 0.122 e. The highest BCUT2D eigenvalue weighted by Gasteiger charge is 2.28. The first-order valence-corrected chi connectivity index (χ1v) is 6.93. The molecule has 2 aliphatic heterocycles. The average molecular weight is 247 g/mol. The number of benzene rings is 1. The molecule has 0 radical (unpaired) electrons. The molecule has 2 aliphatic rings. The molecule has 0 spiro atoms. The number of aryl methyl sites for hydroxylation is 1. The molecule has 1 saturated heterocycles. The summed E-state index contributed by atoms with van der Waals surface area (Å²) in [7, 11) is 0. The van der Waals surface area contributed by atoms with Crippen molar-refractivity contribution in [2.45, 2.75) is 37.7 Å². The maximum Gasteiger partial charge on any atom is 0.122 e. The van der Waals surface area contributed by atoms with Crippen LogP contribution >= 0.6 is 0 Å². The van der Waals surface area contributed by atoms with Crippen LogP contribution in [0.5, 0.6) is 5.75 Å². The number of hydrogen-bond acceptors (Lipinski definition) is 3. The molecular weight excluding hydrogens is 226 g/mol. The molecule has 0 saturated carbocycles. The van der Waals surface area contributed by atoms with Gasteiger partial charge in [0.25, 0.3) is 0 Å². The van der Waals surface area contributed by atoms with E-state index in [-0.39, 0.29) is 0 Å². The van der Waals surface area contributed by atoms with Crippen LogP contribution in [0.3, 0.4) is 0 Å². The molecule has 1 aromatic carbocycles. The van der Waals surface area contributed by atoms with Crippen LogP contribution in [0.25, 0.3) is 0 Å². The third kappa shape index (κ3) is 2.52. The molecule has 0 aromatic heterocycles. The van der Waals surface area contributed by atoms with E-state index >= 15 is 0 Å². The van der Waals surface area contributed by atoms with Crippen LogP contribution in [0.15, 0.2) is 18.2 Å². The molecule has 0 bridgehead atoms. The fourth-order valence-corrected chi connectivity index (χ4v) is 2.94. The summed E-state index contributed by atoms with van der Waals surface area (Å²) < 4.78 is 5.51. The summed E-state index contributed by atoms with van der Waals surface area (Å²) in [5.41, 5.74) is 2.13. The number of hydrogen-bond donors (Lipinski definition) is 2. The van der Waals surface area contributed by atoms with Crippen molar-refractivity contribution in [3.63, 3.8) is 0 Å². The summed E-state index contributed by atoms with van der Waals surface area (Å²) in [5.74, 6) is 1.04. The number of ether oxygens (including phenoxy) is 1. The fourth-order valence-electron chi connectivity index (χ4n) is 2.94. The Morgan fingerprint density at radius 1 is 1.39 bits per heavy atom. The van der Waals surface area contributed by atoms with E-state index in [0.29, 0.717) is 0 Å². The molecule has 1 atom stereocenters. The van der Waals surface area contributed by atoms with E-state index in [1.807, 2.05) is 0 Å². The average Bonchev–Trinajstić information content (AvgIpc) is 2.85. The lowest BCUT2D eigenvalue weighted by atomic mass is 9.88. The maximum absolute atomic E-state index is 10.4. The van der Waals surface area contributed by atoms with E-state index in [0.717, 1.165) is 57.6 Å². The van der Waals surface area contributed by atoms with Gasteiger partial charge in [-0.25, -0.2) is 0 Å². The van der Waals surface area contributed by atoms with Crippen LogP contribution in [-0.4, -0.2) is 30.4 Å². The van der Waals surface area contributed by atoms with Crippen LogP contribution in [0, 0.1) is 0 Å². The number of fused-ring (bicyclic) bond motifs is 1. The van der Waals surface area contributed by atoms with Crippen LogP contribution in [0.2, 0.25) is 0 Å². The van der Waals surface area contributed by atoms with E-state index in [2.05, 4.69) is 23.5 Å². The van der Waals surface area contributed by atoms with Gasteiger partial charge in [0, 0.05) is 13.0 Å². The predicted octanol–water partition coefficient (Wildman–Crippen LogP) is 1.67. The third-order valence-corrected chi connectivity index (χ3v) is 4.08. The van der Waals surface area contributed by atoms with Gasteiger partial charge in [-0.2, -0.15) is 0 Å². The Morgan fingerprint density at radius 3 is 3.17 bits per heavy atom. The molecule has 1 fully saturated rings. The van der Waals surface area contributed by atoms with Crippen LogP contribution < -0.4 is 10.1 Å². The van der Waals surface area contributed by atoms with Crippen LogP contribution in [-0.2, 0) is 12.8 Å². The predicted molar refractivity (Wildman–Crippen MR) is 71.0 cm³/mol. The summed E-state index contributed by atoms with van der Waals surface area (Å²) in [5, 5.41) is 13.7. The van der Waals surface area contributed by atoms with Gasteiger partial charge in [0.15, 0.2) is 0 Å². The molecule has 1 unspecified atom stereocenters. The van der Waals surface area contributed by atoms with E-state index in [1.165, 1.54) is 11.1 Å². The number of piperidine rings is 1. The highest BCUT2D eigenvalue weighted by atomic mass is 16.5. The summed E-state index contributed by atoms with van der Waals surface area (Å²) in [6, 6.07) is 6.44. The summed E-state index contributed by atoms with van der Waals surface area (Å²) >= 11 is 0. The number of rotatable bonds is 3. The molecule has 2 N–H and O–H groups in total. The van der Waals surface area contributed by atoms with Gasteiger partial charge in [0.05, 0.1) is 12.2 Å². The lowest BCUT2D eigenvalue weighted by Gasteiger charge is -2.32. The second kappa shape index (κ2) is 4.90. The minimum absolute atomic E-state index is 0.506. The summed E-state index contributed by atoms with van der Waals surface area (Å²) in [4.78, 5) is 0. The van der Waals surface area contributed by atoms with Crippen molar-refractivity contribution in [1.82, 2.24) is 5.32 Å². The maximum atomic E-state index is 10.4. The third-order valence-electron chi connectivity index (χ3n) is 4.08. The standard InChI is InChI=1S/C15H21NO2/c17-15(6-1-8-16-11-15)7-4-12-2-3-14-13(10-12)5-9-18-14/h2-3,10,16-17H,1,4-9,11H2. The van der Waals surface area contributed by atoms with Gasteiger partial charge in [0.2, 0.25) is 0 Å². The van der Waals surface area contributed by atoms with Crippen molar-refractivity contribution in [2.75, 3.05) is 19.7 Å². The first kappa shape index (κ1) is 12.0. The lowest BCUT2D eigenvalue weighted by Crippen LogP contribution is -2.45. The van der Waals surface area contributed by atoms with E-state index in [1.54, 1.807) is 0 Å². The van der Waals surface area contributed by atoms with Crippen LogP contribution in [0.4, 0.5) is 0 Å². The first-order valence-electron chi connectivity index (χ1n) is 6.93. The minimum Gasteiger partial charge on any atom is -0.493 e. The molecule has 3 rings (SSSR count). The summed E-state index contributed by atoms with van der Waals surface area (Å²) in [6.07, 6.45) is 4.82. The van der Waals surface area contributed by atoms with E-state index in [9.17, 15) is 5.11 Å². The Bertz CT molecular complexity index is 425.